The Kier molecular flexibility index (Phi) is 4.28. The van der Waals surface area contributed by atoms with Gasteiger partial charge in [0.2, 0.25) is 0 Å². The minimum absolute atomic E-state index is 0.584. The number of hydrogen-bond donors (Lipinski definition) is 1. The van der Waals surface area contributed by atoms with Crippen LogP contribution in [0.2, 0.25) is 0 Å². The predicted molar refractivity (Wildman–Crippen MR) is 65.2 cm³/mol. The van der Waals surface area contributed by atoms with E-state index in [-0.39, 0.29) is 0 Å². The maximum atomic E-state index is 5.55. The number of nitrogens with two attached hydrogens (primary N) is 1. The molecule has 0 radical (unpaired) electrons. The van der Waals surface area contributed by atoms with E-state index in [0.29, 0.717) is 12.5 Å². The van der Waals surface area contributed by atoms with E-state index in [1.54, 1.807) is 0 Å². The van der Waals surface area contributed by atoms with Crippen LogP contribution >= 0.6 is 0 Å². The number of hydrogen-bond acceptors (Lipinski definition) is 3. The maximum absolute atomic E-state index is 5.55. The monoisotopic (exact) mass is 219 g/mol. The third kappa shape index (κ3) is 3.01. The molecule has 0 aliphatic heterocycles. The third-order valence-electron chi connectivity index (χ3n) is 3.35. The van der Waals surface area contributed by atoms with E-state index in [2.05, 4.69) is 9.97 Å². The van der Waals surface area contributed by atoms with Crippen molar-refractivity contribution >= 4 is 0 Å². The first-order chi connectivity index (χ1) is 7.90. The Morgan fingerprint density at radius 1 is 1.19 bits per heavy atom. The standard InChI is InChI=1S/C13H21N3/c14-9-7-12-8-10-15-13(16-12)11-5-3-1-2-4-6-11/h8,10-11H,1-7,9,14H2. The van der Waals surface area contributed by atoms with Gasteiger partial charge in [-0.3, -0.25) is 0 Å². The minimum Gasteiger partial charge on any atom is -0.330 e. The van der Waals surface area contributed by atoms with Gasteiger partial charge in [0.1, 0.15) is 5.82 Å². The number of nitrogens with zero attached hydrogens (tertiary/aromatic N) is 2. The predicted octanol–water partition coefficient (Wildman–Crippen LogP) is 2.42. The van der Waals surface area contributed by atoms with Crippen molar-refractivity contribution in [2.75, 3.05) is 6.54 Å². The van der Waals surface area contributed by atoms with Gasteiger partial charge >= 0.3 is 0 Å². The highest BCUT2D eigenvalue weighted by Crippen LogP contribution is 2.29. The van der Waals surface area contributed by atoms with E-state index in [1.165, 1.54) is 38.5 Å². The van der Waals surface area contributed by atoms with Gasteiger partial charge < -0.3 is 5.73 Å². The summed E-state index contributed by atoms with van der Waals surface area (Å²) in [6.45, 7) is 0.668. The first kappa shape index (κ1) is 11.5. The van der Waals surface area contributed by atoms with Crippen LogP contribution in [0.3, 0.4) is 0 Å². The van der Waals surface area contributed by atoms with Crippen LogP contribution in [0.4, 0.5) is 0 Å². The highest BCUT2D eigenvalue weighted by atomic mass is 14.9. The van der Waals surface area contributed by atoms with Gasteiger partial charge in [-0.05, 0) is 25.5 Å². The van der Waals surface area contributed by atoms with Crippen molar-refractivity contribution in [1.82, 2.24) is 9.97 Å². The van der Waals surface area contributed by atoms with Crippen molar-refractivity contribution in [3.63, 3.8) is 0 Å². The van der Waals surface area contributed by atoms with E-state index in [0.717, 1.165) is 17.9 Å². The molecule has 1 aliphatic carbocycles. The first-order valence-corrected chi connectivity index (χ1v) is 6.42. The number of rotatable bonds is 3. The van der Waals surface area contributed by atoms with Crippen LogP contribution in [0, 0.1) is 0 Å². The molecule has 1 fully saturated rings. The lowest BCUT2D eigenvalue weighted by Crippen LogP contribution is -2.09. The van der Waals surface area contributed by atoms with Gasteiger partial charge in [-0.2, -0.15) is 0 Å². The Hall–Kier alpha value is -0.960. The van der Waals surface area contributed by atoms with Gasteiger partial charge in [-0.1, -0.05) is 25.7 Å². The van der Waals surface area contributed by atoms with Crippen molar-refractivity contribution in [2.24, 2.45) is 5.73 Å². The van der Waals surface area contributed by atoms with Crippen molar-refractivity contribution in [2.45, 2.75) is 50.9 Å². The minimum atomic E-state index is 0.584. The fourth-order valence-electron chi connectivity index (χ4n) is 2.43. The topological polar surface area (TPSA) is 51.8 Å². The lowest BCUT2D eigenvalue weighted by atomic mass is 9.99. The molecule has 0 amide bonds. The van der Waals surface area contributed by atoms with E-state index in [9.17, 15) is 0 Å². The second-order valence-electron chi connectivity index (χ2n) is 4.63. The molecule has 3 heteroatoms. The van der Waals surface area contributed by atoms with Crippen molar-refractivity contribution < 1.29 is 0 Å². The molecule has 0 saturated heterocycles. The summed E-state index contributed by atoms with van der Waals surface area (Å²) < 4.78 is 0. The molecule has 0 aromatic carbocycles. The van der Waals surface area contributed by atoms with Gasteiger partial charge in [0.25, 0.3) is 0 Å². The molecule has 1 saturated carbocycles. The summed E-state index contributed by atoms with van der Waals surface area (Å²) in [5.74, 6) is 1.63. The largest absolute Gasteiger partial charge is 0.330 e. The zero-order valence-electron chi connectivity index (χ0n) is 9.86. The Balaban J connectivity index is 2.08. The van der Waals surface area contributed by atoms with Crippen molar-refractivity contribution in [3.8, 4) is 0 Å². The second kappa shape index (κ2) is 5.94. The van der Waals surface area contributed by atoms with Crippen LogP contribution in [-0.2, 0) is 6.42 Å². The molecule has 1 heterocycles. The molecule has 0 unspecified atom stereocenters. The average molecular weight is 219 g/mol. The van der Waals surface area contributed by atoms with E-state index in [4.69, 9.17) is 5.73 Å². The normalized spacial score (nSPS) is 18.3. The summed E-state index contributed by atoms with van der Waals surface area (Å²) in [5.41, 5.74) is 6.65. The van der Waals surface area contributed by atoms with E-state index >= 15 is 0 Å². The molecule has 2 N–H and O–H groups in total. The lowest BCUT2D eigenvalue weighted by Gasteiger charge is -2.12. The molecule has 0 spiro atoms. The van der Waals surface area contributed by atoms with Gasteiger partial charge in [-0.25, -0.2) is 9.97 Å². The zero-order valence-corrected chi connectivity index (χ0v) is 9.86. The summed E-state index contributed by atoms with van der Waals surface area (Å²) >= 11 is 0. The average Bonchev–Trinajstić information content (AvgIpc) is 2.58. The van der Waals surface area contributed by atoms with E-state index < -0.39 is 0 Å². The van der Waals surface area contributed by atoms with Gasteiger partial charge in [0, 0.05) is 24.2 Å². The maximum Gasteiger partial charge on any atom is 0.131 e. The molecule has 1 aromatic rings. The molecule has 88 valence electrons. The Morgan fingerprint density at radius 3 is 2.62 bits per heavy atom. The summed E-state index contributed by atoms with van der Waals surface area (Å²) in [5, 5.41) is 0. The van der Waals surface area contributed by atoms with Gasteiger partial charge in [0.05, 0.1) is 0 Å². The van der Waals surface area contributed by atoms with Crippen molar-refractivity contribution in [3.05, 3.63) is 23.8 Å². The summed E-state index contributed by atoms with van der Waals surface area (Å²) in [4.78, 5) is 9.07. The third-order valence-corrected chi connectivity index (χ3v) is 3.35. The molecule has 16 heavy (non-hydrogen) atoms. The Morgan fingerprint density at radius 2 is 1.94 bits per heavy atom. The highest BCUT2D eigenvalue weighted by Gasteiger charge is 2.16. The smallest absolute Gasteiger partial charge is 0.131 e. The summed E-state index contributed by atoms with van der Waals surface area (Å²) in [6, 6.07) is 1.98. The molecule has 1 aliphatic rings. The number of aromatic nitrogens is 2. The van der Waals surface area contributed by atoms with Gasteiger partial charge in [0.15, 0.2) is 0 Å². The molecule has 0 atom stereocenters. The van der Waals surface area contributed by atoms with Crippen LogP contribution in [0.15, 0.2) is 12.3 Å². The fraction of sp³-hybridized carbons (Fsp3) is 0.692. The Bertz CT molecular complexity index is 317. The first-order valence-electron chi connectivity index (χ1n) is 6.42. The van der Waals surface area contributed by atoms with Gasteiger partial charge in [-0.15, -0.1) is 0 Å². The molecule has 2 rings (SSSR count). The lowest BCUT2D eigenvalue weighted by molar-refractivity contribution is 0.557. The van der Waals surface area contributed by atoms with Crippen LogP contribution in [0.25, 0.3) is 0 Å². The fourth-order valence-corrected chi connectivity index (χ4v) is 2.43. The molecule has 0 bridgehead atoms. The van der Waals surface area contributed by atoms with Crippen molar-refractivity contribution in [1.29, 1.82) is 0 Å². The van der Waals surface area contributed by atoms with E-state index in [1.807, 2.05) is 12.3 Å². The SMILES string of the molecule is NCCc1ccnc(C2CCCCCC2)n1. The van der Waals surface area contributed by atoms with Crippen LogP contribution < -0.4 is 5.73 Å². The molecule has 3 nitrogen and oxygen atoms in total. The zero-order chi connectivity index (χ0) is 11.2. The van der Waals surface area contributed by atoms with Crippen LogP contribution in [0.1, 0.15) is 56.0 Å². The second-order valence-corrected chi connectivity index (χ2v) is 4.63. The quantitative estimate of drug-likeness (QED) is 0.794. The highest BCUT2D eigenvalue weighted by molar-refractivity contribution is 5.06. The summed E-state index contributed by atoms with van der Waals surface area (Å²) in [7, 11) is 0. The van der Waals surface area contributed by atoms with Crippen LogP contribution in [-0.4, -0.2) is 16.5 Å². The van der Waals surface area contributed by atoms with Crippen LogP contribution in [0.5, 0.6) is 0 Å². The summed E-state index contributed by atoms with van der Waals surface area (Å²) in [6.07, 6.45) is 10.7. The Labute approximate surface area is 97.5 Å². The molecule has 1 aromatic heterocycles. The molecular weight excluding hydrogens is 198 g/mol. The molecular formula is C13H21N3.